The Balaban J connectivity index is 2.01. The summed E-state index contributed by atoms with van der Waals surface area (Å²) in [5, 5.41) is 9.14. The van der Waals surface area contributed by atoms with Gasteiger partial charge in [-0.05, 0) is 65.8 Å². The predicted octanol–water partition coefficient (Wildman–Crippen LogP) is 5.34. The van der Waals surface area contributed by atoms with Crippen LogP contribution in [0.15, 0.2) is 53.1 Å². The van der Waals surface area contributed by atoms with Crippen LogP contribution in [-0.2, 0) is 10.2 Å². The lowest BCUT2D eigenvalue weighted by atomic mass is 9.77. The van der Waals surface area contributed by atoms with Crippen molar-refractivity contribution in [3.63, 3.8) is 0 Å². The van der Waals surface area contributed by atoms with Crippen LogP contribution < -0.4 is 9.64 Å². The van der Waals surface area contributed by atoms with E-state index in [2.05, 4.69) is 36.7 Å². The van der Waals surface area contributed by atoms with E-state index >= 15 is 0 Å². The number of methoxy groups -OCH3 is 1. The Morgan fingerprint density at radius 2 is 2.10 bits per heavy atom. The first-order valence-corrected chi connectivity index (χ1v) is 9.50. The van der Waals surface area contributed by atoms with Crippen LogP contribution in [0.2, 0.25) is 0 Å². The number of nitriles is 1. The third-order valence-corrected chi connectivity index (χ3v) is 5.37. The molecule has 0 amide bonds. The topological polar surface area (TPSA) is 49.9 Å². The third-order valence-electron chi connectivity index (χ3n) is 5.37. The van der Waals surface area contributed by atoms with Gasteiger partial charge in [-0.15, -0.1) is 0 Å². The second-order valence-corrected chi connectivity index (χ2v) is 7.94. The van der Waals surface area contributed by atoms with Crippen LogP contribution in [0, 0.1) is 17.9 Å². The molecule has 0 aliphatic carbocycles. The zero-order valence-electron chi connectivity index (χ0n) is 17.5. The van der Waals surface area contributed by atoms with Gasteiger partial charge in [-0.25, -0.2) is 10.1 Å². The van der Waals surface area contributed by atoms with Crippen molar-refractivity contribution >= 4 is 11.8 Å². The van der Waals surface area contributed by atoms with Crippen molar-refractivity contribution in [2.45, 2.75) is 32.6 Å². The molecule has 2 aliphatic rings. The van der Waals surface area contributed by atoms with Gasteiger partial charge in [0.15, 0.2) is 0 Å². The molecule has 0 spiro atoms. The maximum absolute atomic E-state index is 9.14. The van der Waals surface area contributed by atoms with Crippen LogP contribution in [0.3, 0.4) is 0 Å². The molecule has 1 aromatic carbocycles. The van der Waals surface area contributed by atoms with E-state index in [4.69, 9.17) is 21.3 Å². The van der Waals surface area contributed by atoms with E-state index < -0.39 is 0 Å². The molecule has 2 heterocycles. The summed E-state index contributed by atoms with van der Waals surface area (Å²) in [5.41, 5.74) is 4.10. The molecule has 5 heteroatoms. The van der Waals surface area contributed by atoms with Gasteiger partial charge in [0.25, 0.3) is 5.70 Å². The minimum Gasteiger partial charge on any atom is -0.495 e. The molecule has 0 bridgehead atoms. The van der Waals surface area contributed by atoms with E-state index in [9.17, 15) is 0 Å². The molecule has 148 valence electrons. The summed E-state index contributed by atoms with van der Waals surface area (Å²) in [7, 11) is 3.80. The summed E-state index contributed by atoms with van der Waals surface area (Å²) in [4.78, 5) is 5.54. The Morgan fingerprint density at radius 1 is 1.34 bits per heavy atom. The Kier molecular flexibility index (Phi) is 5.52. The molecule has 1 aromatic rings. The van der Waals surface area contributed by atoms with Gasteiger partial charge in [-0.2, -0.15) is 0 Å². The lowest BCUT2D eigenvalue weighted by molar-refractivity contribution is 0.318. The van der Waals surface area contributed by atoms with Gasteiger partial charge in [0, 0.05) is 13.6 Å². The van der Waals surface area contributed by atoms with Gasteiger partial charge in [-0.1, -0.05) is 19.9 Å². The number of hydrogen-bond acceptors (Lipinski definition) is 4. The van der Waals surface area contributed by atoms with Gasteiger partial charge >= 0.3 is 0 Å². The number of allylic oxidation sites excluding steroid dienone is 6. The molecule has 0 saturated heterocycles. The summed E-state index contributed by atoms with van der Waals surface area (Å²) < 4.78 is 11.5. The van der Waals surface area contributed by atoms with E-state index in [1.54, 1.807) is 26.2 Å². The summed E-state index contributed by atoms with van der Waals surface area (Å²) >= 11 is 0. The highest BCUT2D eigenvalue weighted by atomic mass is 16.5. The molecule has 0 saturated carbocycles. The molecule has 5 nitrogen and oxygen atoms in total. The number of fused-ring (bicyclic) bond motifs is 1. The second kappa shape index (κ2) is 7.89. The Morgan fingerprint density at radius 3 is 2.76 bits per heavy atom. The number of anilines is 1. The second-order valence-electron chi connectivity index (χ2n) is 7.94. The van der Waals surface area contributed by atoms with Crippen LogP contribution in [0.1, 0.15) is 38.3 Å². The maximum atomic E-state index is 9.14. The van der Waals surface area contributed by atoms with E-state index in [0.29, 0.717) is 17.1 Å². The van der Waals surface area contributed by atoms with Crippen molar-refractivity contribution in [3.8, 4) is 11.8 Å². The molecule has 0 unspecified atom stereocenters. The summed E-state index contributed by atoms with van der Waals surface area (Å²) in [6, 6.07) is 6.16. The van der Waals surface area contributed by atoms with Gasteiger partial charge in [0.2, 0.25) is 0 Å². The summed E-state index contributed by atoms with van der Waals surface area (Å²) in [5.74, 6) is 2.08. The highest BCUT2D eigenvalue weighted by molar-refractivity contribution is 5.72. The smallest absolute Gasteiger partial charge is 0.269 e. The quantitative estimate of drug-likeness (QED) is 0.519. The zero-order chi connectivity index (χ0) is 21.2. The first-order valence-electron chi connectivity index (χ1n) is 9.50. The molecule has 0 fully saturated rings. The van der Waals surface area contributed by atoms with E-state index in [0.717, 1.165) is 30.0 Å². The molecule has 0 atom stereocenters. The normalized spacial score (nSPS) is 19.3. The van der Waals surface area contributed by atoms with Crippen LogP contribution in [0.25, 0.3) is 10.9 Å². The van der Waals surface area contributed by atoms with Crippen molar-refractivity contribution in [2.75, 3.05) is 25.6 Å². The van der Waals surface area contributed by atoms with Crippen LogP contribution in [0.5, 0.6) is 5.75 Å². The minimum atomic E-state index is 0.0544. The van der Waals surface area contributed by atoms with Crippen LogP contribution in [-0.4, -0.2) is 20.7 Å². The number of ether oxygens (including phenoxy) is 2. The standard InChI is InChI=1S/C24H25N3O2/c1-16-11-18(21(15-25)26-4)14-19(29-16)8-7-17-12-20-23(22(13-17)28-6)27(5)10-9-24(20,2)3/h7-8,11-14H,9-10H2,1-3,5-6H3. The maximum Gasteiger partial charge on any atom is 0.269 e. The van der Waals surface area contributed by atoms with Crippen molar-refractivity contribution in [2.24, 2.45) is 0 Å². The number of benzene rings is 1. The van der Waals surface area contributed by atoms with Gasteiger partial charge in [0.1, 0.15) is 17.3 Å². The molecule has 0 N–H and O–H groups in total. The first-order chi connectivity index (χ1) is 13.8. The third kappa shape index (κ3) is 4.05. The van der Waals surface area contributed by atoms with Crippen molar-refractivity contribution in [3.05, 3.63) is 75.7 Å². The molecular weight excluding hydrogens is 362 g/mol. The first kappa shape index (κ1) is 20.3. The number of nitrogens with zero attached hydrogens (tertiary/aromatic N) is 3. The largest absolute Gasteiger partial charge is 0.495 e. The van der Waals surface area contributed by atoms with E-state index in [1.807, 2.05) is 24.3 Å². The minimum absolute atomic E-state index is 0.0544. The zero-order valence-corrected chi connectivity index (χ0v) is 17.5. The van der Waals surface area contributed by atoms with Gasteiger partial charge in [0.05, 0.1) is 25.4 Å². The van der Waals surface area contributed by atoms with Gasteiger partial charge < -0.3 is 14.4 Å². The Labute approximate surface area is 172 Å². The average molecular weight is 387 g/mol. The number of rotatable bonds is 3. The fourth-order valence-electron chi connectivity index (χ4n) is 3.69. The highest BCUT2D eigenvalue weighted by Crippen LogP contribution is 2.45. The summed E-state index contributed by atoms with van der Waals surface area (Å²) in [6.45, 7) is 14.5. The highest BCUT2D eigenvalue weighted by Gasteiger charge is 2.32. The van der Waals surface area contributed by atoms with E-state index in [1.165, 1.54) is 5.56 Å². The SMILES string of the molecule is [C-]#[N+]C(C#N)=C1C=C(C)OC(C=Cc2cc(OC)c3c(c2)C(C)(C)CCN3C)=C1. The summed E-state index contributed by atoms with van der Waals surface area (Å²) in [6.07, 6.45) is 8.32. The predicted molar refractivity (Wildman–Crippen MR) is 115 cm³/mol. The fraction of sp³-hybridized carbons (Fsp3) is 0.333. The molecule has 3 rings (SSSR count). The molecule has 29 heavy (non-hydrogen) atoms. The van der Waals surface area contributed by atoms with Crippen molar-refractivity contribution in [1.82, 2.24) is 0 Å². The fourth-order valence-corrected chi connectivity index (χ4v) is 3.69. The molecule has 2 aliphatic heterocycles. The monoisotopic (exact) mass is 387 g/mol. The van der Waals surface area contributed by atoms with Crippen LogP contribution >= 0.6 is 0 Å². The lowest BCUT2D eigenvalue weighted by Crippen LogP contribution is -2.35. The van der Waals surface area contributed by atoms with Gasteiger partial charge in [-0.3, -0.25) is 0 Å². The lowest BCUT2D eigenvalue weighted by Gasteiger charge is -2.39. The molecular formula is C24H25N3O2. The van der Waals surface area contributed by atoms with Crippen molar-refractivity contribution < 1.29 is 9.47 Å². The van der Waals surface area contributed by atoms with Crippen molar-refractivity contribution in [1.29, 1.82) is 5.26 Å². The Bertz CT molecular complexity index is 1030. The Hall–Kier alpha value is -3.44. The van der Waals surface area contributed by atoms with E-state index in [-0.39, 0.29) is 11.1 Å². The van der Waals surface area contributed by atoms with Crippen LogP contribution in [0.4, 0.5) is 5.69 Å². The number of hydrogen-bond donors (Lipinski definition) is 0. The molecule has 0 aromatic heterocycles. The average Bonchev–Trinajstić information content (AvgIpc) is 2.69. The molecule has 0 radical (unpaired) electrons.